The van der Waals surface area contributed by atoms with Crippen LogP contribution in [0.2, 0.25) is 0 Å². The molecule has 6 rings (SSSR count). The molecule has 35 heavy (non-hydrogen) atoms. The summed E-state index contributed by atoms with van der Waals surface area (Å²) in [4.78, 5) is 36.4. The maximum atomic E-state index is 13.1. The van der Waals surface area contributed by atoms with E-state index in [9.17, 15) is 9.59 Å². The highest BCUT2D eigenvalue weighted by molar-refractivity contribution is 5.97. The minimum atomic E-state index is 0.0338. The first kappa shape index (κ1) is 21.6. The predicted octanol–water partition coefficient (Wildman–Crippen LogP) is 3.37. The molecule has 0 saturated carbocycles. The van der Waals surface area contributed by atoms with Crippen LogP contribution in [0.15, 0.2) is 79.1 Å². The SMILES string of the molecule is O=C(c1ccc(-n2cnc3ccccc32)cc1)N1CCN(CC(=O)N2CCc3ccccc32)CC1. The fraction of sp³-hybridized carbons (Fsp3) is 0.250. The number of piperazine rings is 1. The molecule has 0 radical (unpaired) electrons. The highest BCUT2D eigenvalue weighted by Gasteiger charge is 2.28. The number of carbonyl (C=O) groups is 2. The van der Waals surface area contributed by atoms with Crippen molar-refractivity contribution in [3.63, 3.8) is 0 Å². The van der Waals surface area contributed by atoms with Crippen molar-refractivity contribution in [3.8, 4) is 5.69 Å². The van der Waals surface area contributed by atoms with E-state index < -0.39 is 0 Å². The first-order valence-corrected chi connectivity index (χ1v) is 12.1. The van der Waals surface area contributed by atoms with E-state index >= 15 is 0 Å². The number of aromatic nitrogens is 2. The van der Waals surface area contributed by atoms with Crippen LogP contribution in [0.4, 0.5) is 5.69 Å². The monoisotopic (exact) mass is 465 g/mol. The van der Waals surface area contributed by atoms with Crippen LogP contribution in [0.3, 0.4) is 0 Å². The molecule has 176 valence electrons. The molecule has 4 aromatic rings. The van der Waals surface area contributed by atoms with Gasteiger partial charge in [-0.3, -0.25) is 19.1 Å². The number of carbonyl (C=O) groups excluding carboxylic acids is 2. The molecule has 0 unspecified atom stereocenters. The third kappa shape index (κ3) is 4.08. The molecule has 2 aliphatic rings. The Morgan fingerprint density at radius 1 is 0.800 bits per heavy atom. The van der Waals surface area contributed by atoms with Gasteiger partial charge in [0.1, 0.15) is 6.33 Å². The second kappa shape index (κ2) is 9.00. The average molecular weight is 466 g/mol. The molecule has 1 saturated heterocycles. The van der Waals surface area contributed by atoms with Crippen LogP contribution in [-0.2, 0) is 11.2 Å². The zero-order chi connectivity index (χ0) is 23.8. The van der Waals surface area contributed by atoms with Crippen LogP contribution < -0.4 is 4.90 Å². The number of benzene rings is 3. The number of amides is 2. The van der Waals surface area contributed by atoms with Crippen LogP contribution in [-0.4, -0.2) is 70.4 Å². The van der Waals surface area contributed by atoms with Gasteiger partial charge >= 0.3 is 0 Å². The van der Waals surface area contributed by atoms with E-state index in [1.807, 2.05) is 87.4 Å². The zero-order valence-corrected chi connectivity index (χ0v) is 19.5. The third-order valence-electron chi connectivity index (χ3n) is 7.05. The predicted molar refractivity (Wildman–Crippen MR) is 136 cm³/mol. The molecule has 7 heteroatoms. The lowest BCUT2D eigenvalue weighted by atomic mass is 10.1. The Bertz CT molecular complexity index is 1390. The van der Waals surface area contributed by atoms with Crippen molar-refractivity contribution in [1.29, 1.82) is 0 Å². The molecule has 1 aromatic heterocycles. The minimum absolute atomic E-state index is 0.0338. The molecule has 0 N–H and O–H groups in total. The first-order valence-electron chi connectivity index (χ1n) is 12.1. The Labute approximate surface area is 204 Å². The van der Waals surface area contributed by atoms with E-state index in [2.05, 4.69) is 16.0 Å². The highest BCUT2D eigenvalue weighted by Crippen LogP contribution is 2.27. The average Bonchev–Trinajstić information content (AvgIpc) is 3.54. The van der Waals surface area contributed by atoms with Gasteiger partial charge in [0.2, 0.25) is 5.91 Å². The molecule has 2 amide bonds. The summed E-state index contributed by atoms with van der Waals surface area (Å²) in [6.07, 6.45) is 2.73. The lowest BCUT2D eigenvalue weighted by molar-refractivity contribution is -0.120. The Balaban J connectivity index is 1.06. The summed E-state index contributed by atoms with van der Waals surface area (Å²) < 4.78 is 2.03. The maximum absolute atomic E-state index is 13.1. The van der Waals surface area contributed by atoms with Crippen molar-refractivity contribution in [2.24, 2.45) is 0 Å². The van der Waals surface area contributed by atoms with Gasteiger partial charge in [0.05, 0.1) is 17.6 Å². The quantitative estimate of drug-likeness (QED) is 0.464. The van der Waals surface area contributed by atoms with E-state index in [1.165, 1.54) is 5.56 Å². The summed E-state index contributed by atoms with van der Waals surface area (Å²) in [7, 11) is 0. The second-order valence-electron chi connectivity index (χ2n) is 9.14. The topological polar surface area (TPSA) is 61.7 Å². The highest BCUT2D eigenvalue weighted by atomic mass is 16.2. The summed E-state index contributed by atoms with van der Waals surface area (Å²) >= 11 is 0. The molecule has 0 atom stereocenters. The van der Waals surface area contributed by atoms with Crippen molar-refractivity contribution in [3.05, 3.63) is 90.3 Å². The Kier molecular flexibility index (Phi) is 5.54. The normalized spacial score (nSPS) is 16.0. The zero-order valence-electron chi connectivity index (χ0n) is 19.5. The Morgan fingerprint density at radius 2 is 1.54 bits per heavy atom. The van der Waals surface area contributed by atoms with Gasteiger partial charge in [-0.25, -0.2) is 4.98 Å². The van der Waals surface area contributed by atoms with Gasteiger partial charge in [-0.2, -0.15) is 0 Å². The van der Waals surface area contributed by atoms with Crippen molar-refractivity contribution >= 4 is 28.5 Å². The number of para-hydroxylation sites is 3. The van der Waals surface area contributed by atoms with Gasteiger partial charge in [-0.05, 0) is 54.4 Å². The van der Waals surface area contributed by atoms with Crippen molar-refractivity contribution in [2.45, 2.75) is 6.42 Å². The molecular weight excluding hydrogens is 438 g/mol. The molecule has 0 bridgehead atoms. The fourth-order valence-electron chi connectivity index (χ4n) is 5.10. The van der Waals surface area contributed by atoms with Gasteiger partial charge in [0, 0.05) is 49.7 Å². The molecule has 0 aliphatic carbocycles. The molecule has 2 aliphatic heterocycles. The van der Waals surface area contributed by atoms with Crippen LogP contribution in [0.5, 0.6) is 0 Å². The lowest BCUT2D eigenvalue weighted by Gasteiger charge is -2.35. The third-order valence-corrected chi connectivity index (χ3v) is 7.05. The number of hydrogen-bond donors (Lipinski definition) is 0. The first-order chi connectivity index (χ1) is 17.2. The van der Waals surface area contributed by atoms with Crippen LogP contribution in [0.25, 0.3) is 16.7 Å². The maximum Gasteiger partial charge on any atom is 0.253 e. The van der Waals surface area contributed by atoms with Gasteiger partial charge in [0.15, 0.2) is 0 Å². The number of anilines is 1. The number of rotatable bonds is 4. The van der Waals surface area contributed by atoms with Crippen molar-refractivity contribution in [1.82, 2.24) is 19.4 Å². The standard InChI is InChI=1S/C28H27N5O2/c34-27(32-14-13-21-5-1-3-7-25(21)32)19-30-15-17-31(18-16-30)28(35)22-9-11-23(12-10-22)33-20-29-24-6-2-4-8-26(24)33/h1-12,20H,13-19H2. The van der Waals surface area contributed by atoms with Crippen molar-refractivity contribution in [2.75, 3.05) is 44.2 Å². The van der Waals surface area contributed by atoms with Crippen LogP contribution in [0, 0.1) is 0 Å². The number of fused-ring (bicyclic) bond motifs is 2. The minimum Gasteiger partial charge on any atom is -0.336 e. The fourth-order valence-corrected chi connectivity index (χ4v) is 5.10. The molecule has 1 fully saturated rings. The van der Waals surface area contributed by atoms with Crippen LogP contribution >= 0.6 is 0 Å². The molecule has 3 heterocycles. The van der Waals surface area contributed by atoms with Gasteiger partial charge in [-0.1, -0.05) is 30.3 Å². The number of nitrogens with zero attached hydrogens (tertiary/aromatic N) is 5. The largest absolute Gasteiger partial charge is 0.336 e. The Hall–Kier alpha value is -3.97. The summed E-state index contributed by atoms with van der Waals surface area (Å²) in [5.74, 6) is 0.170. The van der Waals surface area contributed by atoms with E-state index in [0.29, 0.717) is 38.3 Å². The van der Waals surface area contributed by atoms with E-state index in [0.717, 1.165) is 35.4 Å². The van der Waals surface area contributed by atoms with E-state index in [1.54, 1.807) is 0 Å². The molecule has 3 aromatic carbocycles. The van der Waals surface area contributed by atoms with E-state index in [4.69, 9.17) is 0 Å². The van der Waals surface area contributed by atoms with Gasteiger partial charge < -0.3 is 9.80 Å². The van der Waals surface area contributed by atoms with Crippen LogP contribution in [0.1, 0.15) is 15.9 Å². The lowest BCUT2D eigenvalue weighted by Crippen LogP contribution is -2.51. The van der Waals surface area contributed by atoms with Gasteiger partial charge in [-0.15, -0.1) is 0 Å². The van der Waals surface area contributed by atoms with Crippen molar-refractivity contribution < 1.29 is 9.59 Å². The second-order valence-corrected chi connectivity index (χ2v) is 9.14. The summed E-state index contributed by atoms with van der Waals surface area (Å²) in [5.41, 5.74) is 5.91. The van der Waals surface area contributed by atoms with Gasteiger partial charge in [0.25, 0.3) is 5.91 Å². The summed E-state index contributed by atoms with van der Waals surface area (Å²) in [6.45, 7) is 3.79. The number of imidazole rings is 1. The molecule has 7 nitrogen and oxygen atoms in total. The summed E-state index contributed by atoms with van der Waals surface area (Å²) in [5, 5.41) is 0. The summed E-state index contributed by atoms with van der Waals surface area (Å²) in [6, 6.07) is 23.8. The Morgan fingerprint density at radius 3 is 2.37 bits per heavy atom. The molecule has 0 spiro atoms. The van der Waals surface area contributed by atoms with E-state index in [-0.39, 0.29) is 11.8 Å². The number of hydrogen-bond acceptors (Lipinski definition) is 4. The smallest absolute Gasteiger partial charge is 0.253 e. The molecular formula is C28H27N5O2.